The summed E-state index contributed by atoms with van der Waals surface area (Å²) in [5.41, 5.74) is 1.14. The molecule has 0 radical (unpaired) electrons. The predicted octanol–water partition coefficient (Wildman–Crippen LogP) is 2.58. The summed E-state index contributed by atoms with van der Waals surface area (Å²) < 4.78 is 0. The number of carbonyl (C=O) groups is 2. The molecule has 4 nitrogen and oxygen atoms in total. The second-order valence-corrected chi connectivity index (χ2v) is 6.53. The minimum atomic E-state index is -0.926. The Labute approximate surface area is 131 Å². The van der Waals surface area contributed by atoms with E-state index in [1.54, 1.807) is 4.90 Å². The quantitative estimate of drug-likeness (QED) is 0.878. The van der Waals surface area contributed by atoms with E-state index in [0.717, 1.165) is 18.4 Å². The van der Waals surface area contributed by atoms with Crippen LogP contribution in [0.5, 0.6) is 0 Å². The minimum Gasteiger partial charge on any atom is -0.480 e. The number of rotatable bonds is 6. The first kappa shape index (κ1) is 15.1. The molecule has 2 aliphatic carbocycles. The monoisotopic (exact) mass is 301 g/mol. The van der Waals surface area contributed by atoms with Crippen LogP contribution in [0.1, 0.15) is 31.2 Å². The van der Waals surface area contributed by atoms with E-state index in [9.17, 15) is 9.59 Å². The Morgan fingerprint density at radius 2 is 1.73 bits per heavy atom. The second-order valence-electron chi connectivity index (χ2n) is 6.53. The zero-order valence-electron chi connectivity index (χ0n) is 12.8. The third kappa shape index (κ3) is 3.32. The average molecular weight is 301 g/mol. The third-order valence-corrected chi connectivity index (χ3v) is 5.09. The molecular formula is C18H23NO3. The Kier molecular flexibility index (Phi) is 4.46. The van der Waals surface area contributed by atoms with E-state index in [4.69, 9.17) is 5.11 Å². The van der Waals surface area contributed by atoms with Gasteiger partial charge in [0.2, 0.25) is 5.91 Å². The number of carboxylic acid groups (broad SMARTS) is 1. The average Bonchev–Trinajstić information content (AvgIpc) is 3.26. The Bertz CT molecular complexity index is 531. The zero-order valence-corrected chi connectivity index (χ0v) is 12.8. The number of benzene rings is 1. The maximum absolute atomic E-state index is 12.7. The van der Waals surface area contributed by atoms with Gasteiger partial charge in [0.05, 0.1) is 0 Å². The first-order chi connectivity index (χ1) is 10.7. The lowest BCUT2D eigenvalue weighted by molar-refractivity contribution is -0.145. The number of fused-ring (bicyclic) bond motifs is 1. The highest BCUT2D eigenvalue weighted by Crippen LogP contribution is 2.56. The lowest BCUT2D eigenvalue weighted by Crippen LogP contribution is -2.38. The molecule has 2 aliphatic rings. The van der Waals surface area contributed by atoms with E-state index in [-0.39, 0.29) is 18.4 Å². The van der Waals surface area contributed by atoms with Crippen LogP contribution in [0.25, 0.3) is 0 Å². The number of carbonyl (C=O) groups excluding carboxylic acids is 1. The molecule has 22 heavy (non-hydrogen) atoms. The number of nitrogens with zero attached hydrogens (tertiary/aromatic N) is 1. The molecule has 118 valence electrons. The number of hydrogen-bond donors (Lipinski definition) is 1. The van der Waals surface area contributed by atoms with Crippen molar-refractivity contribution in [2.75, 3.05) is 13.1 Å². The molecule has 4 heteroatoms. The third-order valence-electron chi connectivity index (χ3n) is 5.09. The Hall–Kier alpha value is -1.84. The fraction of sp³-hybridized carbons (Fsp3) is 0.556. The van der Waals surface area contributed by atoms with Crippen LogP contribution in [0, 0.1) is 17.8 Å². The summed E-state index contributed by atoms with van der Waals surface area (Å²) in [6.07, 6.45) is 5.42. The van der Waals surface area contributed by atoms with Crippen LogP contribution in [0.2, 0.25) is 0 Å². The highest BCUT2D eigenvalue weighted by molar-refractivity contribution is 5.85. The Balaban J connectivity index is 1.62. The van der Waals surface area contributed by atoms with Gasteiger partial charge in [-0.2, -0.15) is 0 Å². The molecule has 1 amide bonds. The van der Waals surface area contributed by atoms with Crippen molar-refractivity contribution < 1.29 is 14.7 Å². The van der Waals surface area contributed by atoms with Gasteiger partial charge in [0.25, 0.3) is 0 Å². The zero-order chi connectivity index (χ0) is 15.5. The van der Waals surface area contributed by atoms with Crippen LogP contribution in [-0.4, -0.2) is 35.0 Å². The van der Waals surface area contributed by atoms with Gasteiger partial charge in [0.15, 0.2) is 0 Å². The van der Waals surface area contributed by atoms with Gasteiger partial charge in [0, 0.05) is 12.5 Å². The fourth-order valence-corrected chi connectivity index (χ4v) is 3.91. The van der Waals surface area contributed by atoms with Gasteiger partial charge in [0.1, 0.15) is 6.54 Å². The van der Waals surface area contributed by atoms with Gasteiger partial charge in [-0.3, -0.25) is 9.59 Å². The summed E-state index contributed by atoms with van der Waals surface area (Å²) in [7, 11) is 0. The van der Waals surface area contributed by atoms with Crippen LogP contribution in [0.15, 0.2) is 30.3 Å². The Morgan fingerprint density at radius 3 is 2.32 bits per heavy atom. The van der Waals surface area contributed by atoms with Crippen LogP contribution in [0.4, 0.5) is 0 Å². The number of aliphatic carboxylic acids is 1. The van der Waals surface area contributed by atoms with Crippen LogP contribution < -0.4 is 0 Å². The standard InChI is InChI=1S/C18H23NO3/c20-16(21)12-19(11-10-13-6-2-1-3-7-13)18(22)17-14-8-4-5-9-15(14)17/h1-3,6-7,14-15,17H,4-5,8-12H2,(H,20,21). The van der Waals surface area contributed by atoms with Gasteiger partial charge in [-0.15, -0.1) is 0 Å². The van der Waals surface area contributed by atoms with Gasteiger partial charge < -0.3 is 10.0 Å². The summed E-state index contributed by atoms with van der Waals surface area (Å²) in [5, 5.41) is 9.10. The number of carboxylic acids is 1. The van der Waals surface area contributed by atoms with E-state index in [2.05, 4.69) is 0 Å². The maximum atomic E-state index is 12.7. The van der Waals surface area contributed by atoms with Gasteiger partial charge in [-0.1, -0.05) is 43.2 Å². The molecule has 2 saturated carbocycles. The number of hydrogen-bond acceptors (Lipinski definition) is 2. The van der Waals surface area contributed by atoms with Crippen molar-refractivity contribution in [2.24, 2.45) is 17.8 Å². The van der Waals surface area contributed by atoms with Crippen molar-refractivity contribution in [3.8, 4) is 0 Å². The number of amides is 1. The normalized spacial score (nSPS) is 26.1. The molecule has 2 atom stereocenters. The second kappa shape index (κ2) is 6.51. The molecule has 2 fully saturated rings. The van der Waals surface area contributed by atoms with E-state index >= 15 is 0 Å². The molecule has 0 saturated heterocycles. The molecule has 0 spiro atoms. The molecule has 0 heterocycles. The Morgan fingerprint density at radius 1 is 1.09 bits per heavy atom. The minimum absolute atomic E-state index is 0.0650. The van der Waals surface area contributed by atoms with Crippen LogP contribution >= 0.6 is 0 Å². The van der Waals surface area contributed by atoms with Crippen LogP contribution in [0.3, 0.4) is 0 Å². The molecule has 3 rings (SSSR count). The molecule has 0 bridgehead atoms. The molecular weight excluding hydrogens is 278 g/mol. The topological polar surface area (TPSA) is 57.6 Å². The molecule has 1 N–H and O–H groups in total. The van der Waals surface area contributed by atoms with Crippen molar-refractivity contribution in [3.63, 3.8) is 0 Å². The summed E-state index contributed by atoms with van der Waals surface area (Å²) in [5.74, 6) is 0.279. The summed E-state index contributed by atoms with van der Waals surface area (Å²) in [4.78, 5) is 25.3. The first-order valence-corrected chi connectivity index (χ1v) is 8.21. The predicted molar refractivity (Wildman–Crippen MR) is 83.3 cm³/mol. The van der Waals surface area contributed by atoms with E-state index in [1.165, 1.54) is 12.8 Å². The van der Waals surface area contributed by atoms with Crippen LogP contribution in [-0.2, 0) is 16.0 Å². The van der Waals surface area contributed by atoms with Gasteiger partial charge in [-0.25, -0.2) is 0 Å². The molecule has 0 aliphatic heterocycles. The van der Waals surface area contributed by atoms with Crippen molar-refractivity contribution in [1.29, 1.82) is 0 Å². The van der Waals surface area contributed by atoms with Crippen molar-refractivity contribution in [3.05, 3.63) is 35.9 Å². The molecule has 1 aromatic rings. The molecule has 2 unspecified atom stereocenters. The summed E-state index contributed by atoms with van der Waals surface area (Å²) in [6.45, 7) is 0.312. The highest BCUT2D eigenvalue weighted by atomic mass is 16.4. The fourth-order valence-electron chi connectivity index (χ4n) is 3.91. The lowest BCUT2D eigenvalue weighted by atomic mass is 10.0. The molecule has 0 aromatic heterocycles. The first-order valence-electron chi connectivity index (χ1n) is 8.21. The van der Waals surface area contributed by atoms with Gasteiger partial charge >= 0.3 is 5.97 Å². The van der Waals surface area contributed by atoms with Crippen molar-refractivity contribution in [1.82, 2.24) is 4.90 Å². The SMILES string of the molecule is O=C(O)CN(CCc1ccccc1)C(=O)C1C2CCCCC21. The van der Waals surface area contributed by atoms with Gasteiger partial charge in [-0.05, 0) is 36.7 Å². The summed E-state index contributed by atoms with van der Waals surface area (Å²) >= 11 is 0. The van der Waals surface area contributed by atoms with E-state index < -0.39 is 5.97 Å². The van der Waals surface area contributed by atoms with Crippen molar-refractivity contribution in [2.45, 2.75) is 32.1 Å². The van der Waals surface area contributed by atoms with E-state index in [0.29, 0.717) is 24.8 Å². The lowest BCUT2D eigenvalue weighted by Gasteiger charge is -2.21. The maximum Gasteiger partial charge on any atom is 0.323 e. The van der Waals surface area contributed by atoms with E-state index in [1.807, 2.05) is 30.3 Å². The van der Waals surface area contributed by atoms with Crippen molar-refractivity contribution >= 4 is 11.9 Å². The highest BCUT2D eigenvalue weighted by Gasteiger charge is 2.55. The largest absolute Gasteiger partial charge is 0.480 e. The molecule has 1 aromatic carbocycles. The smallest absolute Gasteiger partial charge is 0.323 e. The summed E-state index contributed by atoms with van der Waals surface area (Å²) in [6, 6.07) is 9.92.